The van der Waals surface area contributed by atoms with Crippen LogP contribution in [0.1, 0.15) is 41.1 Å². The number of carbonyl (C=O) groups is 2. The third-order valence-corrected chi connectivity index (χ3v) is 7.84. The zero-order valence-corrected chi connectivity index (χ0v) is 20.1. The molecule has 0 fully saturated rings. The molecule has 1 N–H and O–H groups in total. The predicted octanol–water partition coefficient (Wildman–Crippen LogP) is 3.65. The number of thiophene rings is 1. The van der Waals surface area contributed by atoms with Crippen molar-refractivity contribution in [3.63, 3.8) is 0 Å². The molecule has 0 aliphatic heterocycles. The molecule has 34 heavy (non-hydrogen) atoms. The number of hydrogen-bond donors (Lipinski definition) is 1. The highest BCUT2D eigenvalue weighted by Gasteiger charge is 2.31. The van der Waals surface area contributed by atoms with Gasteiger partial charge < -0.3 is 14.5 Å². The van der Waals surface area contributed by atoms with Crippen LogP contribution in [0.3, 0.4) is 0 Å². The molecule has 1 aliphatic carbocycles. The number of anilines is 1. The van der Waals surface area contributed by atoms with Gasteiger partial charge in [-0.25, -0.2) is 17.6 Å². The number of ether oxygens (including phenoxy) is 1. The van der Waals surface area contributed by atoms with Gasteiger partial charge in [0.2, 0.25) is 21.6 Å². The van der Waals surface area contributed by atoms with Crippen LogP contribution in [0.25, 0.3) is 11.5 Å². The smallest absolute Gasteiger partial charge is 0.341 e. The minimum atomic E-state index is -4.27. The van der Waals surface area contributed by atoms with E-state index in [0.717, 1.165) is 23.3 Å². The van der Waals surface area contributed by atoms with Crippen molar-refractivity contribution in [2.75, 3.05) is 17.7 Å². The van der Waals surface area contributed by atoms with Crippen LogP contribution in [0.4, 0.5) is 9.39 Å². The number of rotatable bonds is 7. The first-order chi connectivity index (χ1) is 16.2. The Balaban J connectivity index is 1.53. The molecule has 0 radical (unpaired) electrons. The molecule has 0 saturated heterocycles. The Kier molecular flexibility index (Phi) is 6.80. The molecule has 1 amide bonds. The molecule has 1 unspecified atom stereocenters. The maximum Gasteiger partial charge on any atom is 0.341 e. The lowest BCUT2D eigenvalue weighted by Gasteiger charge is -2.18. The fourth-order valence-corrected chi connectivity index (χ4v) is 6.03. The summed E-state index contributed by atoms with van der Waals surface area (Å²) in [5.41, 5.74) is 1.47. The Bertz CT molecular complexity index is 1330. The first-order valence-corrected chi connectivity index (χ1v) is 13.1. The average Bonchev–Trinajstić information content (AvgIpc) is 3.39. The Morgan fingerprint density at radius 3 is 2.71 bits per heavy atom. The van der Waals surface area contributed by atoms with Crippen LogP contribution >= 0.6 is 11.3 Å². The molecule has 2 heterocycles. The van der Waals surface area contributed by atoms with E-state index >= 15 is 0 Å². The zero-order chi connectivity index (χ0) is 24.5. The fraction of sp³-hybridized carbons (Fsp3) is 0.364. The summed E-state index contributed by atoms with van der Waals surface area (Å²) in [6.45, 7) is 3.98. The molecule has 9 nitrogen and oxygen atoms in total. The molecule has 0 saturated carbocycles. The van der Waals surface area contributed by atoms with E-state index in [9.17, 15) is 22.4 Å². The average molecular weight is 508 g/mol. The highest BCUT2D eigenvalue weighted by Crippen LogP contribution is 2.40. The Hall–Kier alpha value is -3.12. The van der Waals surface area contributed by atoms with Crippen LogP contribution in [0.2, 0.25) is 0 Å². The van der Waals surface area contributed by atoms with Crippen LogP contribution in [-0.4, -0.2) is 42.9 Å². The second-order valence-corrected chi connectivity index (χ2v) is 10.9. The molecule has 12 heteroatoms. The number of aromatic nitrogens is 2. The van der Waals surface area contributed by atoms with E-state index in [0.29, 0.717) is 17.9 Å². The maximum absolute atomic E-state index is 13.1. The molecule has 180 valence electrons. The number of hydrogen-bond acceptors (Lipinski definition) is 9. The van der Waals surface area contributed by atoms with E-state index in [1.807, 2.05) is 0 Å². The number of nitrogens with zero attached hydrogens (tertiary/aromatic N) is 2. The molecule has 0 bridgehead atoms. The zero-order valence-electron chi connectivity index (χ0n) is 18.5. The first-order valence-electron chi connectivity index (χ1n) is 10.6. The summed E-state index contributed by atoms with van der Waals surface area (Å²) in [5, 5.41) is 9.31. The molecule has 1 aliphatic rings. The summed E-state index contributed by atoms with van der Waals surface area (Å²) < 4.78 is 48.8. The topological polar surface area (TPSA) is 128 Å². The summed E-state index contributed by atoms with van der Waals surface area (Å²) in [5.74, 6) is -2.51. The Morgan fingerprint density at radius 2 is 2.00 bits per heavy atom. The Morgan fingerprint density at radius 1 is 1.26 bits per heavy atom. The van der Waals surface area contributed by atoms with Gasteiger partial charge >= 0.3 is 11.2 Å². The second-order valence-electron chi connectivity index (χ2n) is 7.96. The van der Waals surface area contributed by atoms with Crippen LogP contribution in [0.15, 0.2) is 33.9 Å². The van der Waals surface area contributed by atoms with Gasteiger partial charge in [0.05, 0.1) is 12.2 Å². The largest absolute Gasteiger partial charge is 0.462 e. The van der Waals surface area contributed by atoms with Gasteiger partial charge in [0.15, 0.2) is 0 Å². The summed E-state index contributed by atoms with van der Waals surface area (Å²) in [4.78, 5) is 26.2. The summed E-state index contributed by atoms with van der Waals surface area (Å²) in [6, 6.07) is 5.07. The van der Waals surface area contributed by atoms with Crippen LogP contribution in [0.5, 0.6) is 0 Å². The van der Waals surface area contributed by atoms with Gasteiger partial charge in [0.1, 0.15) is 16.6 Å². The number of carbonyl (C=O) groups excluding carboxylic acids is 2. The maximum atomic E-state index is 13.1. The lowest BCUT2D eigenvalue weighted by Crippen LogP contribution is -2.24. The highest BCUT2D eigenvalue weighted by molar-refractivity contribution is 7.91. The minimum absolute atomic E-state index is 0.122. The number of benzene rings is 1. The SMILES string of the molecule is CCOC(=O)c1c(NC(=O)CS(=O)(=O)c2nnc(-c3ccc(F)cc3)o2)sc2c1CCC(C)C2. The van der Waals surface area contributed by atoms with Crippen molar-refractivity contribution in [1.29, 1.82) is 0 Å². The van der Waals surface area contributed by atoms with Crippen LogP contribution < -0.4 is 5.32 Å². The summed E-state index contributed by atoms with van der Waals surface area (Å²) in [7, 11) is -4.27. The minimum Gasteiger partial charge on any atom is -0.462 e. The molecule has 3 aromatic rings. The van der Waals surface area contributed by atoms with Gasteiger partial charge in [0, 0.05) is 10.4 Å². The molecule has 1 aromatic carbocycles. The van der Waals surface area contributed by atoms with Crippen molar-refractivity contribution in [3.05, 3.63) is 46.1 Å². The molecular weight excluding hydrogens is 485 g/mol. The number of nitrogens with one attached hydrogen (secondary N) is 1. The van der Waals surface area contributed by atoms with Crippen molar-refractivity contribution in [2.24, 2.45) is 5.92 Å². The van der Waals surface area contributed by atoms with Gasteiger partial charge in [-0.3, -0.25) is 4.79 Å². The van der Waals surface area contributed by atoms with Gasteiger partial charge in [-0.1, -0.05) is 12.0 Å². The van der Waals surface area contributed by atoms with Crippen molar-refractivity contribution < 1.29 is 31.6 Å². The highest BCUT2D eigenvalue weighted by atomic mass is 32.2. The van der Waals surface area contributed by atoms with Gasteiger partial charge in [-0.2, -0.15) is 0 Å². The van der Waals surface area contributed by atoms with E-state index in [-0.39, 0.29) is 23.1 Å². The van der Waals surface area contributed by atoms with Crippen LogP contribution in [-0.2, 0) is 32.2 Å². The Labute approximate surface area is 199 Å². The van der Waals surface area contributed by atoms with Crippen molar-refractivity contribution in [1.82, 2.24) is 10.2 Å². The number of fused-ring (bicyclic) bond motifs is 1. The monoisotopic (exact) mass is 507 g/mol. The van der Waals surface area contributed by atoms with E-state index < -0.39 is 38.5 Å². The van der Waals surface area contributed by atoms with Crippen molar-refractivity contribution >= 4 is 38.1 Å². The lowest BCUT2D eigenvalue weighted by atomic mass is 9.88. The first kappa shape index (κ1) is 24.0. The fourth-order valence-electron chi connectivity index (χ4n) is 3.70. The second kappa shape index (κ2) is 9.63. The third-order valence-electron chi connectivity index (χ3n) is 5.33. The van der Waals surface area contributed by atoms with Gasteiger partial charge in [-0.15, -0.1) is 16.4 Å². The van der Waals surface area contributed by atoms with E-state index in [2.05, 4.69) is 22.4 Å². The standard InChI is InChI=1S/C22H22FN3O6S2/c1-3-31-21(28)18-15-9-4-12(2)10-16(15)33-20(18)24-17(27)11-34(29,30)22-26-25-19(32-22)13-5-7-14(23)8-6-13/h5-8,12H,3-4,9-11H2,1-2H3,(H,24,27). The molecular formula is C22H22FN3O6S2. The van der Waals surface area contributed by atoms with E-state index in [4.69, 9.17) is 9.15 Å². The van der Waals surface area contributed by atoms with E-state index in [1.54, 1.807) is 6.92 Å². The van der Waals surface area contributed by atoms with Crippen molar-refractivity contribution in [3.8, 4) is 11.5 Å². The van der Waals surface area contributed by atoms with Crippen LogP contribution in [0, 0.1) is 11.7 Å². The third kappa shape index (κ3) is 5.02. The summed E-state index contributed by atoms with van der Waals surface area (Å²) >= 11 is 1.26. The number of sulfone groups is 1. The lowest BCUT2D eigenvalue weighted by molar-refractivity contribution is -0.113. The predicted molar refractivity (Wildman–Crippen MR) is 122 cm³/mol. The quantitative estimate of drug-likeness (QED) is 0.480. The number of halogens is 1. The van der Waals surface area contributed by atoms with E-state index in [1.165, 1.54) is 35.6 Å². The van der Waals surface area contributed by atoms with Gasteiger partial charge in [0.25, 0.3) is 0 Å². The number of esters is 1. The van der Waals surface area contributed by atoms with Crippen molar-refractivity contribution in [2.45, 2.75) is 38.3 Å². The number of amides is 1. The molecule has 1 atom stereocenters. The van der Waals surface area contributed by atoms with Gasteiger partial charge in [-0.05, 0) is 61.9 Å². The normalized spacial score (nSPS) is 15.6. The molecule has 4 rings (SSSR count). The molecule has 0 spiro atoms. The summed E-state index contributed by atoms with van der Waals surface area (Å²) in [6.07, 6.45) is 2.36. The molecule has 2 aromatic heterocycles.